The van der Waals surface area contributed by atoms with E-state index in [0.717, 1.165) is 16.5 Å². The van der Waals surface area contributed by atoms with Crippen LogP contribution >= 0.6 is 0 Å². The lowest BCUT2D eigenvalue weighted by Gasteiger charge is -2.11. The maximum absolute atomic E-state index is 10.3. The zero-order chi connectivity index (χ0) is 12.4. The van der Waals surface area contributed by atoms with Gasteiger partial charge in [0, 0.05) is 11.8 Å². The Hall–Kier alpha value is -2.26. The van der Waals surface area contributed by atoms with Crippen molar-refractivity contribution in [2.24, 2.45) is 0 Å². The number of hydrogen-bond donors (Lipinski definition) is 1. The van der Waals surface area contributed by atoms with Gasteiger partial charge in [-0.25, -0.2) is 0 Å². The molecule has 0 bridgehead atoms. The van der Waals surface area contributed by atoms with Crippen LogP contribution in [0.5, 0.6) is 0 Å². The Kier molecular flexibility index (Phi) is 2.74. The lowest BCUT2D eigenvalue weighted by Crippen LogP contribution is -2.00. The highest BCUT2D eigenvalue weighted by molar-refractivity contribution is 5.83. The minimum atomic E-state index is -0.662. The third-order valence-electron chi connectivity index (χ3n) is 3.01. The van der Waals surface area contributed by atoms with Crippen molar-refractivity contribution in [3.05, 3.63) is 72.1 Å². The standard InChI is InChI=1S/C15H12N2O/c18-15(14-7-8-16-17-10-14)13-6-5-11-3-1-2-4-12(11)9-13/h1-10,15,18H. The summed E-state index contributed by atoms with van der Waals surface area (Å²) < 4.78 is 0. The third-order valence-corrected chi connectivity index (χ3v) is 3.01. The normalized spacial score (nSPS) is 12.5. The maximum atomic E-state index is 10.3. The fraction of sp³-hybridized carbons (Fsp3) is 0.0667. The lowest BCUT2D eigenvalue weighted by molar-refractivity contribution is 0.220. The Morgan fingerprint density at radius 2 is 1.67 bits per heavy atom. The SMILES string of the molecule is OC(c1ccnnc1)c1ccc2ccccc2c1. The summed E-state index contributed by atoms with van der Waals surface area (Å²) in [4.78, 5) is 0. The minimum Gasteiger partial charge on any atom is -0.384 e. The summed E-state index contributed by atoms with van der Waals surface area (Å²) in [5.41, 5.74) is 1.61. The van der Waals surface area contributed by atoms with E-state index in [0.29, 0.717) is 0 Å². The molecule has 1 aromatic heterocycles. The first-order chi connectivity index (χ1) is 8.84. The monoisotopic (exact) mass is 236 g/mol. The number of aliphatic hydroxyl groups is 1. The number of hydrogen-bond acceptors (Lipinski definition) is 3. The molecular formula is C15H12N2O. The number of rotatable bonds is 2. The molecule has 1 atom stereocenters. The summed E-state index contributed by atoms with van der Waals surface area (Å²) in [7, 11) is 0. The molecule has 3 rings (SSSR count). The van der Waals surface area contributed by atoms with E-state index in [4.69, 9.17) is 0 Å². The van der Waals surface area contributed by atoms with E-state index in [2.05, 4.69) is 16.3 Å². The molecule has 0 fully saturated rings. The first-order valence-electron chi connectivity index (χ1n) is 5.78. The van der Waals surface area contributed by atoms with Gasteiger partial charge in [-0.3, -0.25) is 0 Å². The molecule has 18 heavy (non-hydrogen) atoms. The summed E-state index contributed by atoms with van der Waals surface area (Å²) >= 11 is 0. The van der Waals surface area contributed by atoms with Crippen LogP contribution in [0.1, 0.15) is 17.2 Å². The molecule has 1 unspecified atom stereocenters. The molecule has 0 radical (unpaired) electrons. The molecule has 0 aliphatic heterocycles. The predicted molar refractivity (Wildman–Crippen MR) is 70.0 cm³/mol. The Morgan fingerprint density at radius 1 is 0.833 bits per heavy atom. The molecule has 0 aliphatic rings. The summed E-state index contributed by atoms with van der Waals surface area (Å²) in [5.74, 6) is 0. The molecule has 3 aromatic rings. The Labute approximate surface area is 105 Å². The number of nitrogens with zero attached hydrogens (tertiary/aromatic N) is 2. The van der Waals surface area contributed by atoms with E-state index in [1.54, 1.807) is 18.5 Å². The van der Waals surface area contributed by atoms with Crippen molar-refractivity contribution < 1.29 is 5.11 Å². The van der Waals surface area contributed by atoms with Crippen molar-refractivity contribution in [2.75, 3.05) is 0 Å². The van der Waals surface area contributed by atoms with Crippen LogP contribution in [0.3, 0.4) is 0 Å². The first-order valence-corrected chi connectivity index (χ1v) is 5.78. The molecule has 88 valence electrons. The van der Waals surface area contributed by atoms with Crippen molar-refractivity contribution >= 4 is 10.8 Å². The van der Waals surface area contributed by atoms with Gasteiger partial charge in [-0.1, -0.05) is 36.4 Å². The topological polar surface area (TPSA) is 46.0 Å². The fourth-order valence-corrected chi connectivity index (χ4v) is 2.03. The van der Waals surface area contributed by atoms with Crippen LogP contribution < -0.4 is 0 Å². The van der Waals surface area contributed by atoms with E-state index in [9.17, 15) is 5.11 Å². The van der Waals surface area contributed by atoms with Crippen molar-refractivity contribution in [3.8, 4) is 0 Å². The Balaban J connectivity index is 2.04. The van der Waals surface area contributed by atoms with Gasteiger partial charge < -0.3 is 5.11 Å². The second-order valence-electron chi connectivity index (χ2n) is 4.18. The number of aliphatic hydroxyl groups excluding tert-OH is 1. The van der Waals surface area contributed by atoms with Crippen LogP contribution in [0.15, 0.2) is 60.9 Å². The highest BCUT2D eigenvalue weighted by Crippen LogP contribution is 2.24. The van der Waals surface area contributed by atoms with E-state index >= 15 is 0 Å². The number of fused-ring (bicyclic) bond motifs is 1. The average Bonchev–Trinajstić information content (AvgIpc) is 2.47. The van der Waals surface area contributed by atoms with Gasteiger partial charge in [-0.2, -0.15) is 10.2 Å². The molecule has 0 saturated heterocycles. The van der Waals surface area contributed by atoms with Gasteiger partial charge in [0.2, 0.25) is 0 Å². The largest absolute Gasteiger partial charge is 0.384 e. The molecule has 3 nitrogen and oxygen atoms in total. The molecule has 2 aromatic carbocycles. The van der Waals surface area contributed by atoms with Crippen molar-refractivity contribution in [1.29, 1.82) is 0 Å². The summed E-state index contributed by atoms with van der Waals surface area (Å²) in [6.07, 6.45) is 2.50. The van der Waals surface area contributed by atoms with Crippen LogP contribution in [-0.4, -0.2) is 15.3 Å². The molecule has 0 saturated carbocycles. The van der Waals surface area contributed by atoms with Gasteiger partial charge in [0.1, 0.15) is 6.10 Å². The Bertz CT molecular complexity index is 667. The Morgan fingerprint density at radius 3 is 2.44 bits per heavy atom. The van der Waals surface area contributed by atoms with E-state index in [1.807, 2.05) is 36.4 Å². The van der Waals surface area contributed by atoms with Gasteiger partial charge >= 0.3 is 0 Å². The molecule has 1 heterocycles. The van der Waals surface area contributed by atoms with Crippen LogP contribution in [0.25, 0.3) is 10.8 Å². The maximum Gasteiger partial charge on any atom is 0.106 e. The fourth-order valence-electron chi connectivity index (χ4n) is 2.03. The van der Waals surface area contributed by atoms with Gasteiger partial charge in [0.25, 0.3) is 0 Å². The van der Waals surface area contributed by atoms with Gasteiger partial charge in [-0.15, -0.1) is 0 Å². The second kappa shape index (κ2) is 4.55. The molecule has 0 amide bonds. The summed E-state index contributed by atoms with van der Waals surface area (Å²) in [6.45, 7) is 0. The van der Waals surface area contributed by atoms with Crippen molar-refractivity contribution in [3.63, 3.8) is 0 Å². The van der Waals surface area contributed by atoms with Crippen LogP contribution in [0.2, 0.25) is 0 Å². The van der Waals surface area contributed by atoms with Crippen LogP contribution in [0, 0.1) is 0 Å². The highest BCUT2D eigenvalue weighted by atomic mass is 16.3. The van der Waals surface area contributed by atoms with Crippen molar-refractivity contribution in [2.45, 2.75) is 6.10 Å². The van der Waals surface area contributed by atoms with E-state index < -0.39 is 6.10 Å². The first kappa shape index (κ1) is 10.9. The smallest absolute Gasteiger partial charge is 0.106 e. The zero-order valence-electron chi connectivity index (χ0n) is 9.69. The molecule has 1 N–H and O–H groups in total. The quantitative estimate of drug-likeness (QED) is 0.744. The van der Waals surface area contributed by atoms with E-state index in [-0.39, 0.29) is 0 Å². The molecule has 0 spiro atoms. The number of benzene rings is 2. The number of aromatic nitrogens is 2. The van der Waals surface area contributed by atoms with Gasteiger partial charge in [0.15, 0.2) is 0 Å². The molecule has 0 aliphatic carbocycles. The van der Waals surface area contributed by atoms with Gasteiger partial charge in [0.05, 0.1) is 6.20 Å². The minimum absolute atomic E-state index is 0.662. The molecular weight excluding hydrogens is 224 g/mol. The van der Waals surface area contributed by atoms with Crippen LogP contribution in [0.4, 0.5) is 0 Å². The second-order valence-corrected chi connectivity index (χ2v) is 4.18. The summed E-state index contributed by atoms with van der Waals surface area (Å²) in [5, 5.41) is 20.1. The molecule has 3 heteroatoms. The third kappa shape index (κ3) is 1.96. The predicted octanol–water partition coefficient (Wildman–Crippen LogP) is 2.71. The zero-order valence-corrected chi connectivity index (χ0v) is 9.69. The lowest BCUT2D eigenvalue weighted by atomic mass is 10.00. The summed E-state index contributed by atoms with van der Waals surface area (Å²) in [6, 6.07) is 15.8. The van der Waals surface area contributed by atoms with E-state index in [1.165, 1.54) is 5.39 Å². The van der Waals surface area contributed by atoms with Crippen LogP contribution in [-0.2, 0) is 0 Å². The van der Waals surface area contributed by atoms with Crippen molar-refractivity contribution in [1.82, 2.24) is 10.2 Å². The van der Waals surface area contributed by atoms with Gasteiger partial charge in [-0.05, 0) is 28.5 Å². The highest BCUT2D eigenvalue weighted by Gasteiger charge is 2.10. The average molecular weight is 236 g/mol.